The van der Waals surface area contributed by atoms with Gasteiger partial charge in [0.05, 0.1) is 28.1 Å². The molecule has 2 bridgehead atoms. The van der Waals surface area contributed by atoms with Crippen LogP contribution in [0.3, 0.4) is 0 Å². The number of fused-ring (bicyclic) bond motifs is 4. The monoisotopic (exact) mass is 638 g/mol. The van der Waals surface area contributed by atoms with E-state index in [1.165, 1.54) is 11.1 Å². The van der Waals surface area contributed by atoms with E-state index in [2.05, 4.69) is 48.4 Å². The van der Waals surface area contributed by atoms with Crippen molar-refractivity contribution in [3.8, 4) is 5.75 Å². The molecule has 1 amide bonds. The molecule has 2 aromatic carbocycles. The Hall–Kier alpha value is -2.48. The maximum atomic E-state index is 14.1. The Labute approximate surface area is 268 Å². The Bertz CT molecular complexity index is 1540. The minimum atomic E-state index is -2.97. The van der Waals surface area contributed by atoms with Crippen molar-refractivity contribution in [2.75, 3.05) is 24.6 Å². The molecule has 44 heavy (non-hydrogen) atoms. The van der Waals surface area contributed by atoms with Crippen LogP contribution in [-0.2, 0) is 21.5 Å². The Morgan fingerprint density at radius 2 is 2.05 bits per heavy atom. The molecule has 1 unspecified atom stereocenters. The van der Waals surface area contributed by atoms with Gasteiger partial charge in [0.25, 0.3) is 5.91 Å². The average Bonchev–Trinajstić information content (AvgIpc) is 3.10. The predicted octanol–water partition coefficient (Wildman–Crippen LogP) is 6.57. The van der Waals surface area contributed by atoms with Crippen LogP contribution >= 0.6 is 11.6 Å². The number of nitrogens with zero attached hydrogens (tertiary/aromatic N) is 1. The minimum Gasteiger partial charge on any atom is -0.490 e. The number of carbonyl (C=O) groups is 1. The molecule has 1 saturated carbocycles. The summed E-state index contributed by atoms with van der Waals surface area (Å²) in [6.07, 6.45) is 9.90. The molecule has 8 heteroatoms. The van der Waals surface area contributed by atoms with Gasteiger partial charge in [-0.2, -0.15) is 0 Å². The van der Waals surface area contributed by atoms with Crippen molar-refractivity contribution in [2.24, 2.45) is 23.7 Å². The first kappa shape index (κ1) is 31.5. The second-order valence-electron chi connectivity index (χ2n) is 14.2. The van der Waals surface area contributed by atoms with E-state index in [1.54, 1.807) is 6.07 Å². The Balaban J connectivity index is 1.42. The van der Waals surface area contributed by atoms with Gasteiger partial charge in [0.15, 0.2) is 0 Å². The van der Waals surface area contributed by atoms with Crippen LogP contribution in [0.1, 0.15) is 80.8 Å². The predicted molar refractivity (Wildman–Crippen MR) is 181 cm³/mol. The van der Waals surface area contributed by atoms with Crippen molar-refractivity contribution in [3.63, 3.8) is 0 Å². The summed E-state index contributed by atoms with van der Waals surface area (Å²) in [7, 11) is -2.97. The van der Waals surface area contributed by atoms with Crippen molar-refractivity contribution >= 4 is 38.8 Å². The molecule has 238 valence electrons. The highest BCUT2D eigenvalue weighted by Crippen LogP contribution is 2.46. The van der Waals surface area contributed by atoms with Crippen LogP contribution < -0.4 is 14.4 Å². The maximum Gasteiger partial charge on any atom is 0.262 e. The number of rotatable bonds is 2. The molecule has 2 aromatic rings. The van der Waals surface area contributed by atoms with Gasteiger partial charge in [-0.25, -0.2) is 4.21 Å². The summed E-state index contributed by atoms with van der Waals surface area (Å²) in [5.74, 6) is 5.28. The van der Waals surface area contributed by atoms with Crippen LogP contribution in [0.2, 0.25) is 5.02 Å². The Morgan fingerprint density at radius 3 is 2.80 bits per heavy atom. The van der Waals surface area contributed by atoms with Gasteiger partial charge >= 0.3 is 0 Å². The van der Waals surface area contributed by atoms with Crippen molar-refractivity contribution in [3.05, 3.63) is 70.3 Å². The fourth-order valence-corrected chi connectivity index (χ4v) is 10.4. The van der Waals surface area contributed by atoms with E-state index in [0.717, 1.165) is 61.7 Å². The normalized spacial score (nSPS) is 34.6. The highest BCUT2D eigenvalue weighted by atomic mass is 35.5. The van der Waals surface area contributed by atoms with Gasteiger partial charge in [0, 0.05) is 34.3 Å². The number of nitrogens with one attached hydrogen (secondary N) is 1. The van der Waals surface area contributed by atoms with E-state index in [0.29, 0.717) is 36.8 Å². The second-order valence-corrected chi connectivity index (χ2v) is 16.9. The third-order valence-electron chi connectivity index (χ3n) is 10.6. The van der Waals surface area contributed by atoms with Crippen LogP contribution in [0.5, 0.6) is 5.75 Å². The molecular formula is C36H47ClN2O4S. The smallest absolute Gasteiger partial charge is 0.262 e. The molecule has 6 rings (SSSR count). The van der Waals surface area contributed by atoms with E-state index in [9.17, 15) is 14.1 Å². The number of carbonyl (C=O) groups excluding carboxylic acids is 1. The Kier molecular flexibility index (Phi) is 8.86. The van der Waals surface area contributed by atoms with Crippen molar-refractivity contribution in [2.45, 2.75) is 82.5 Å². The summed E-state index contributed by atoms with van der Waals surface area (Å²) in [6.45, 7) is 8.33. The van der Waals surface area contributed by atoms with E-state index in [-0.39, 0.29) is 28.4 Å². The lowest BCUT2D eigenvalue weighted by Crippen LogP contribution is -2.49. The summed E-state index contributed by atoms with van der Waals surface area (Å²) in [5.41, 5.74) is 3.68. The standard InChI is InChI=1S/C36H47ClN2O4S/c1-23(2)17-34-24(3)7-5-9-32(40)29-13-10-27(29)20-39-21-36(16-6-8-25-18-28(37)12-14-30(25)36)22-43-33-15-11-26(19-31(33)39)35(41)38-44(34,4)42/h5,9,11-12,14-15,18-19,23-24,27,29,32,34,40H,4,6-8,10,13,16-17,20-22H2,1-3H3,(H,38,41,42)/b9-5+/t24-,27-,29+,32-,34-,36-,44?/m0/s1. The SMILES string of the molecule is C=S1(=O)NC(=O)c2ccc3c(c2)N(C[C@@H]2CC[C@H]2[C@@H](O)/C=C/C[C@H](C)[C@@H]1CC(C)C)C[C@@]1(CCCc2cc(Cl)ccc21)CO3. The average molecular weight is 639 g/mol. The lowest BCUT2D eigenvalue weighted by molar-refractivity contribution is 0.0455. The van der Waals surface area contributed by atoms with E-state index >= 15 is 0 Å². The third kappa shape index (κ3) is 6.17. The van der Waals surface area contributed by atoms with Gasteiger partial charge < -0.3 is 14.7 Å². The summed E-state index contributed by atoms with van der Waals surface area (Å²) >= 11 is 6.42. The van der Waals surface area contributed by atoms with Gasteiger partial charge in [-0.1, -0.05) is 50.6 Å². The summed E-state index contributed by atoms with van der Waals surface area (Å²) in [4.78, 5) is 16.1. The topological polar surface area (TPSA) is 78.9 Å². The first-order valence-corrected chi connectivity index (χ1v) is 18.5. The summed E-state index contributed by atoms with van der Waals surface area (Å²) in [6, 6.07) is 11.8. The van der Waals surface area contributed by atoms with Gasteiger partial charge in [-0.15, -0.1) is 0 Å². The number of hydrogen-bond donors (Lipinski definition) is 2. The number of aryl methyl sites for hydroxylation is 1. The molecule has 7 atom stereocenters. The van der Waals surface area contributed by atoms with Gasteiger partial charge in [0.1, 0.15) is 5.75 Å². The molecule has 2 N–H and O–H groups in total. The zero-order valence-corrected chi connectivity index (χ0v) is 27.8. The summed E-state index contributed by atoms with van der Waals surface area (Å²) in [5, 5.41) is 11.8. The fourth-order valence-electron chi connectivity index (χ4n) is 8.06. The van der Waals surface area contributed by atoms with Crippen molar-refractivity contribution < 1.29 is 18.8 Å². The quantitative estimate of drug-likeness (QED) is 0.287. The second kappa shape index (κ2) is 12.4. The van der Waals surface area contributed by atoms with E-state index in [1.807, 2.05) is 30.4 Å². The number of aliphatic hydroxyl groups excluding tert-OH is 1. The third-order valence-corrected chi connectivity index (χ3v) is 13.0. The molecule has 6 nitrogen and oxygen atoms in total. The number of anilines is 1. The van der Waals surface area contributed by atoms with E-state index in [4.69, 9.17) is 16.3 Å². The highest BCUT2D eigenvalue weighted by molar-refractivity contribution is 7.99. The number of aliphatic hydroxyl groups is 1. The molecule has 2 aliphatic heterocycles. The van der Waals surface area contributed by atoms with Crippen molar-refractivity contribution in [1.29, 1.82) is 0 Å². The zero-order valence-electron chi connectivity index (χ0n) is 26.3. The van der Waals surface area contributed by atoms with E-state index < -0.39 is 15.8 Å². The maximum absolute atomic E-state index is 14.1. The van der Waals surface area contributed by atoms with Gasteiger partial charge in [0.2, 0.25) is 0 Å². The van der Waals surface area contributed by atoms with Crippen LogP contribution in [0.4, 0.5) is 5.69 Å². The number of amides is 1. The molecule has 1 spiro atoms. The first-order chi connectivity index (χ1) is 21.0. The molecule has 0 saturated heterocycles. The molecule has 0 radical (unpaired) electrons. The molecule has 2 aliphatic carbocycles. The van der Waals surface area contributed by atoms with Crippen molar-refractivity contribution in [1.82, 2.24) is 4.72 Å². The molecule has 2 heterocycles. The molecule has 4 aliphatic rings. The summed E-state index contributed by atoms with van der Waals surface area (Å²) < 4.78 is 23.6. The number of benzene rings is 2. The van der Waals surface area contributed by atoms with Crippen LogP contribution in [0.25, 0.3) is 0 Å². The largest absolute Gasteiger partial charge is 0.490 e. The lowest BCUT2D eigenvalue weighted by Gasteiger charge is -2.45. The zero-order chi connectivity index (χ0) is 31.2. The molecule has 1 fully saturated rings. The lowest BCUT2D eigenvalue weighted by atomic mass is 9.68. The Morgan fingerprint density at radius 1 is 1.23 bits per heavy atom. The van der Waals surface area contributed by atoms with Crippen LogP contribution in [-0.4, -0.2) is 52.1 Å². The van der Waals surface area contributed by atoms with Crippen LogP contribution in [0, 0.1) is 23.7 Å². The van der Waals surface area contributed by atoms with Crippen LogP contribution in [0.15, 0.2) is 48.6 Å². The van der Waals surface area contributed by atoms with Gasteiger partial charge in [-0.05, 0) is 116 Å². The fraction of sp³-hybridized carbons (Fsp3) is 0.556. The van der Waals surface area contributed by atoms with Gasteiger partial charge in [-0.3, -0.25) is 9.52 Å². The number of halogens is 1. The number of allylic oxidation sites excluding steroid dienone is 1. The molecular weight excluding hydrogens is 592 g/mol. The first-order valence-electron chi connectivity index (χ1n) is 16.3. The highest BCUT2D eigenvalue weighted by Gasteiger charge is 2.44. The minimum absolute atomic E-state index is 0.0246. The number of ether oxygens (including phenoxy) is 1. The number of hydrogen-bond acceptors (Lipinski definition) is 5. The molecule has 0 aromatic heterocycles.